The number of aromatic nitrogens is 2. The molecule has 0 aromatic carbocycles. The smallest absolute Gasteiger partial charge is 0.0669 e. The zero-order valence-electron chi connectivity index (χ0n) is 13.7. The van der Waals surface area contributed by atoms with E-state index in [2.05, 4.69) is 37.7 Å². The quantitative estimate of drug-likeness (QED) is 0.851. The summed E-state index contributed by atoms with van der Waals surface area (Å²) < 4.78 is 2.38. The fourth-order valence-electron chi connectivity index (χ4n) is 3.35. The van der Waals surface area contributed by atoms with Gasteiger partial charge in [-0.15, -0.1) is 0 Å². The van der Waals surface area contributed by atoms with Crippen molar-refractivity contribution in [1.82, 2.24) is 15.1 Å². The molecule has 0 aliphatic heterocycles. The van der Waals surface area contributed by atoms with Crippen molar-refractivity contribution in [3.8, 4) is 0 Å². The number of aryl methyl sites for hydroxylation is 1. The molecular weight excluding hydrogens is 246 g/mol. The van der Waals surface area contributed by atoms with Gasteiger partial charge in [0.2, 0.25) is 0 Å². The van der Waals surface area contributed by atoms with Gasteiger partial charge >= 0.3 is 0 Å². The van der Waals surface area contributed by atoms with Crippen LogP contribution in [0.1, 0.15) is 82.8 Å². The summed E-state index contributed by atoms with van der Waals surface area (Å²) in [4.78, 5) is 0. The minimum atomic E-state index is 0.530. The maximum Gasteiger partial charge on any atom is 0.0669 e. The zero-order chi connectivity index (χ0) is 14.5. The van der Waals surface area contributed by atoms with Crippen LogP contribution in [-0.2, 0) is 19.4 Å². The van der Waals surface area contributed by atoms with Gasteiger partial charge in [-0.3, -0.25) is 4.68 Å². The molecule has 0 radical (unpaired) electrons. The molecule has 3 nitrogen and oxygen atoms in total. The van der Waals surface area contributed by atoms with Gasteiger partial charge in [-0.25, -0.2) is 0 Å². The molecule has 1 fully saturated rings. The van der Waals surface area contributed by atoms with Crippen LogP contribution in [0.5, 0.6) is 0 Å². The van der Waals surface area contributed by atoms with E-state index in [-0.39, 0.29) is 0 Å². The molecule has 1 aromatic heterocycles. The second-order valence-corrected chi connectivity index (χ2v) is 6.35. The van der Waals surface area contributed by atoms with E-state index in [4.69, 9.17) is 5.10 Å². The topological polar surface area (TPSA) is 29.9 Å². The van der Waals surface area contributed by atoms with Crippen molar-refractivity contribution in [3.05, 3.63) is 17.0 Å². The lowest BCUT2D eigenvalue weighted by Gasteiger charge is -2.24. The monoisotopic (exact) mass is 277 g/mol. The van der Waals surface area contributed by atoms with Crippen molar-refractivity contribution in [2.24, 2.45) is 0 Å². The van der Waals surface area contributed by atoms with E-state index in [0.29, 0.717) is 12.1 Å². The molecule has 0 spiro atoms. The first kappa shape index (κ1) is 15.6. The fraction of sp³-hybridized carbons (Fsp3) is 0.824. The van der Waals surface area contributed by atoms with E-state index < -0.39 is 0 Å². The van der Waals surface area contributed by atoms with Gasteiger partial charge in [-0.1, -0.05) is 47.0 Å². The van der Waals surface area contributed by atoms with Gasteiger partial charge in [0.25, 0.3) is 0 Å². The van der Waals surface area contributed by atoms with Gasteiger partial charge in [0, 0.05) is 23.8 Å². The summed E-state index contributed by atoms with van der Waals surface area (Å²) in [5, 5.41) is 8.55. The van der Waals surface area contributed by atoms with Gasteiger partial charge in [-0.05, 0) is 25.7 Å². The summed E-state index contributed by atoms with van der Waals surface area (Å²) in [6.07, 6.45) is 8.91. The van der Waals surface area contributed by atoms with Gasteiger partial charge in [0.1, 0.15) is 0 Å². The van der Waals surface area contributed by atoms with E-state index in [1.165, 1.54) is 49.1 Å². The molecule has 0 saturated heterocycles. The average Bonchev–Trinajstić information content (AvgIpc) is 2.83. The third-order valence-corrected chi connectivity index (χ3v) is 4.48. The SMILES string of the molecule is CCc1nn(C2CCCCC2)c(CC)c1CNC(C)C. The Balaban J connectivity index is 2.26. The first-order valence-electron chi connectivity index (χ1n) is 8.49. The van der Waals surface area contributed by atoms with Crippen LogP contribution >= 0.6 is 0 Å². The van der Waals surface area contributed by atoms with Gasteiger partial charge in [-0.2, -0.15) is 5.10 Å². The van der Waals surface area contributed by atoms with Crippen LogP contribution in [0.4, 0.5) is 0 Å². The molecule has 1 N–H and O–H groups in total. The molecular formula is C17H31N3. The standard InChI is InChI=1S/C17H31N3/c1-5-16-15(12-18-13(3)4)17(6-2)20(19-16)14-10-8-7-9-11-14/h13-14,18H,5-12H2,1-4H3. The molecule has 1 saturated carbocycles. The third-order valence-electron chi connectivity index (χ3n) is 4.48. The molecule has 3 heteroatoms. The van der Waals surface area contributed by atoms with Crippen LogP contribution in [0.3, 0.4) is 0 Å². The van der Waals surface area contributed by atoms with E-state index in [0.717, 1.165) is 19.4 Å². The summed E-state index contributed by atoms with van der Waals surface area (Å²) >= 11 is 0. The molecule has 0 unspecified atom stereocenters. The molecule has 0 bridgehead atoms. The number of nitrogens with zero attached hydrogens (tertiary/aromatic N) is 2. The normalized spacial score (nSPS) is 17.1. The van der Waals surface area contributed by atoms with Crippen LogP contribution in [0, 0.1) is 0 Å². The van der Waals surface area contributed by atoms with Crippen LogP contribution in [0.15, 0.2) is 0 Å². The van der Waals surface area contributed by atoms with Crippen molar-refractivity contribution in [2.75, 3.05) is 0 Å². The predicted octanol–water partition coefficient (Wildman–Crippen LogP) is 4.01. The highest BCUT2D eigenvalue weighted by molar-refractivity contribution is 5.27. The Kier molecular flexibility index (Phi) is 5.64. The maximum atomic E-state index is 4.98. The highest BCUT2D eigenvalue weighted by atomic mass is 15.3. The Morgan fingerprint density at radius 2 is 1.85 bits per heavy atom. The summed E-state index contributed by atoms with van der Waals surface area (Å²) in [5.74, 6) is 0. The highest BCUT2D eigenvalue weighted by Gasteiger charge is 2.22. The number of hydrogen-bond donors (Lipinski definition) is 1. The Labute approximate surface area is 124 Å². The average molecular weight is 277 g/mol. The van der Waals surface area contributed by atoms with Crippen molar-refractivity contribution in [2.45, 2.75) is 91.3 Å². The predicted molar refractivity (Wildman–Crippen MR) is 85.1 cm³/mol. The summed E-state index contributed by atoms with van der Waals surface area (Å²) in [5.41, 5.74) is 4.25. The van der Waals surface area contributed by atoms with E-state index in [1.807, 2.05) is 0 Å². The molecule has 1 heterocycles. The lowest BCUT2D eigenvalue weighted by atomic mass is 9.95. The van der Waals surface area contributed by atoms with Crippen molar-refractivity contribution < 1.29 is 0 Å². The number of nitrogens with one attached hydrogen (secondary N) is 1. The van der Waals surface area contributed by atoms with Crippen LogP contribution in [0.2, 0.25) is 0 Å². The zero-order valence-corrected chi connectivity index (χ0v) is 13.7. The fourth-order valence-corrected chi connectivity index (χ4v) is 3.35. The van der Waals surface area contributed by atoms with E-state index in [9.17, 15) is 0 Å². The lowest BCUT2D eigenvalue weighted by molar-refractivity contribution is 0.321. The molecule has 1 aliphatic rings. The van der Waals surface area contributed by atoms with E-state index in [1.54, 1.807) is 0 Å². The van der Waals surface area contributed by atoms with Gasteiger partial charge in [0.05, 0.1) is 11.7 Å². The molecule has 2 rings (SSSR count). The first-order chi connectivity index (χ1) is 9.67. The van der Waals surface area contributed by atoms with E-state index >= 15 is 0 Å². The second kappa shape index (κ2) is 7.26. The Morgan fingerprint density at radius 3 is 2.40 bits per heavy atom. The molecule has 20 heavy (non-hydrogen) atoms. The molecule has 0 atom stereocenters. The summed E-state index contributed by atoms with van der Waals surface area (Å²) in [6, 6.07) is 1.18. The second-order valence-electron chi connectivity index (χ2n) is 6.35. The highest BCUT2D eigenvalue weighted by Crippen LogP contribution is 2.31. The van der Waals surface area contributed by atoms with Crippen molar-refractivity contribution in [3.63, 3.8) is 0 Å². The maximum absolute atomic E-state index is 4.98. The lowest BCUT2D eigenvalue weighted by Crippen LogP contribution is -2.23. The molecule has 1 aromatic rings. The minimum absolute atomic E-state index is 0.530. The van der Waals surface area contributed by atoms with Crippen molar-refractivity contribution >= 4 is 0 Å². The van der Waals surface area contributed by atoms with Crippen molar-refractivity contribution in [1.29, 1.82) is 0 Å². The summed E-state index contributed by atoms with van der Waals surface area (Å²) in [7, 11) is 0. The largest absolute Gasteiger partial charge is 0.310 e. The first-order valence-corrected chi connectivity index (χ1v) is 8.49. The van der Waals surface area contributed by atoms with Crippen LogP contribution in [-0.4, -0.2) is 15.8 Å². The molecule has 1 aliphatic carbocycles. The Morgan fingerprint density at radius 1 is 1.15 bits per heavy atom. The minimum Gasteiger partial charge on any atom is -0.310 e. The molecule has 114 valence electrons. The Bertz CT molecular complexity index is 414. The van der Waals surface area contributed by atoms with Gasteiger partial charge in [0.15, 0.2) is 0 Å². The third kappa shape index (κ3) is 3.43. The number of hydrogen-bond acceptors (Lipinski definition) is 2. The molecule has 0 amide bonds. The Hall–Kier alpha value is -0.830. The van der Waals surface area contributed by atoms with Gasteiger partial charge < -0.3 is 5.32 Å². The number of rotatable bonds is 6. The summed E-state index contributed by atoms with van der Waals surface area (Å²) in [6.45, 7) is 9.89. The van der Waals surface area contributed by atoms with Crippen LogP contribution < -0.4 is 5.32 Å². The van der Waals surface area contributed by atoms with Crippen LogP contribution in [0.25, 0.3) is 0 Å².